The first-order valence-electron chi connectivity index (χ1n) is 10.4. The molecule has 3 heterocycles. The number of aryl methyl sites for hydroxylation is 1. The number of aromatic nitrogens is 4. The molecular formula is C20H32N6O2. The maximum absolute atomic E-state index is 12.7. The van der Waals surface area contributed by atoms with Crippen LogP contribution in [0.5, 0.6) is 0 Å². The van der Waals surface area contributed by atoms with Crippen LogP contribution >= 0.6 is 0 Å². The lowest BCUT2D eigenvalue weighted by atomic mass is 10.1. The van der Waals surface area contributed by atoms with E-state index in [-0.39, 0.29) is 11.2 Å². The molecule has 154 valence electrons. The highest BCUT2D eigenvalue weighted by Gasteiger charge is 2.25. The van der Waals surface area contributed by atoms with E-state index in [9.17, 15) is 9.59 Å². The second-order valence-corrected chi connectivity index (χ2v) is 7.81. The maximum atomic E-state index is 12.7. The summed E-state index contributed by atoms with van der Waals surface area (Å²) in [6, 6.07) is 0. The average Bonchev–Trinajstić information content (AvgIpc) is 3.06. The van der Waals surface area contributed by atoms with Gasteiger partial charge < -0.3 is 0 Å². The number of hydrogen-bond acceptors (Lipinski definition) is 5. The molecule has 0 bridgehead atoms. The fraction of sp³-hybridized carbons (Fsp3) is 0.700. The van der Waals surface area contributed by atoms with Crippen molar-refractivity contribution in [1.82, 2.24) is 18.7 Å². The van der Waals surface area contributed by atoms with Crippen molar-refractivity contribution in [2.24, 2.45) is 19.2 Å². The molecule has 3 rings (SSSR count). The number of imidazole rings is 1. The Morgan fingerprint density at radius 1 is 0.929 bits per heavy atom. The molecule has 28 heavy (non-hydrogen) atoms. The van der Waals surface area contributed by atoms with Crippen molar-refractivity contribution in [2.45, 2.75) is 71.8 Å². The van der Waals surface area contributed by atoms with E-state index in [0.717, 1.165) is 29.7 Å². The van der Waals surface area contributed by atoms with E-state index in [1.54, 1.807) is 7.05 Å². The number of rotatable bonds is 9. The van der Waals surface area contributed by atoms with Crippen LogP contribution < -0.4 is 16.3 Å². The van der Waals surface area contributed by atoms with E-state index < -0.39 is 0 Å². The molecule has 1 aliphatic heterocycles. The molecule has 0 atom stereocenters. The van der Waals surface area contributed by atoms with Gasteiger partial charge in [-0.3, -0.25) is 18.5 Å². The van der Waals surface area contributed by atoms with E-state index in [2.05, 4.69) is 17.0 Å². The van der Waals surface area contributed by atoms with Crippen LogP contribution in [0.3, 0.4) is 0 Å². The number of anilines is 1. The highest BCUT2D eigenvalue weighted by molar-refractivity contribution is 5.87. The number of fused-ring (bicyclic) bond motifs is 3. The van der Waals surface area contributed by atoms with Crippen LogP contribution in [0.1, 0.15) is 65.2 Å². The van der Waals surface area contributed by atoms with Crippen LogP contribution in [0.2, 0.25) is 0 Å². The minimum atomic E-state index is -0.361. The smallest absolute Gasteiger partial charge is 0.297 e. The van der Waals surface area contributed by atoms with Crippen molar-refractivity contribution in [3.8, 4) is 0 Å². The fourth-order valence-electron chi connectivity index (χ4n) is 3.84. The van der Waals surface area contributed by atoms with Gasteiger partial charge in [-0.05, 0) is 13.3 Å². The molecule has 8 nitrogen and oxygen atoms in total. The third kappa shape index (κ3) is 3.91. The van der Waals surface area contributed by atoms with Gasteiger partial charge in [0.15, 0.2) is 11.2 Å². The van der Waals surface area contributed by atoms with Gasteiger partial charge in [0.05, 0.1) is 12.3 Å². The highest BCUT2D eigenvalue weighted by atomic mass is 16.2. The van der Waals surface area contributed by atoms with Crippen molar-refractivity contribution in [3.63, 3.8) is 0 Å². The minimum absolute atomic E-state index is 0.307. The summed E-state index contributed by atoms with van der Waals surface area (Å²) in [7, 11) is 3.16. The van der Waals surface area contributed by atoms with Gasteiger partial charge in [0.1, 0.15) is 0 Å². The molecule has 0 saturated carbocycles. The Balaban J connectivity index is 1.74. The van der Waals surface area contributed by atoms with Crippen LogP contribution in [-0.2, 0) is 20.6 Å². The molecule has 2 aromatic heterocycles. The Hall–Kier alpha value is -2.38. The molecule has 0 fully saturated rings. The van der Waals surface area contributed by atoms with Crippen molar-refractivity contribution < 1.29 is 0 Å². The van der Waals surface area contributed by atoms with E-state index in [4.69, 9.17) is 0 Å². The van der Waals surface area contributed by atoms with Gasteiger partial charge in [0.25, 0.3) is 5.56 Å². The van der Waals surface area contributed by atoms with E-state index >= 15 is 0 Å². The summed E-state index contributed by atoms with van der Waals surface area (Å²) in [6.07, 6.45) is 10.0. The number of hydrogen-bond donors (Lipinski definition) is 0. The highest BCUT2D eigenvalue weighted by Crippen LogP contribution is 2.24. The van der Waals surface area contributed by atoms with Crippen LogP contribution in [0.4, 0.5) is 5.95 Å². The van der Waals surface area contributed by atoms with Crippen LogP contribution in [0.15, 0.2) is 14.7 Å². The van der Waals surface area contributed by atoms with Crippen LogP contribution in [-0.4, -0.2) is 30.9 Å². The quantitative estimate of drug-likeness (QED) is 0.619. The summed E-state index contributed by atoms with van der Waals surface area (Å²) >= 11 is 0. The molecule has 0 amide bonds. The zero-order valence-electron chi connectivity index (χ0n) is 17.6. The lowest BCUT2D eigenvalue weighted by molar-refractivity contribution is 0.568. The predicted molar refractivity (Wildman–Crippen MR) is 113 cm³/mol. The first-order chi connectivity index (χ1) is 13.5. The predicted octanol–water partition coefficient (Wildman–Crippen LogP) is 2.77. The minimum Gasteiger partial charge on any atom is -0.297 e. The zero-order chi connectivity index (χ0) is 20.3. The molecule has 0 unspecified atom stereocenters. The zero-order valence-corrected chi connectivity index (χ0v) is 17.6. The van der Waals surface area contributed by atoms with Crippen molar-refractivity contribution in [2.75, 3.05) is 11.6 Å². The standard InChI is InChI=1S/C20H32N6O2/c1-5-6-7-8-9-10-11-12-13-26-19-21-17-16(25(19)14-15(2)22-26)18(27)24(4)20(28)23(17)3/h5-14H2,1-4H3. The van der Waals surface area contributed by atoms with Crippen LogP contribution in [0.25, 0.3) is 11.2 Å². The van der Waals surface area contributed by atoms with Gasteiger partial charge in [0, 0.05) is 20.6 Å². The number of hydrazone groups is 1. The normalized spacial score (nSPS) is 13.9. The summed E-state index contributed by atoms with van der Waals surface area (Å²) in [5.41, 5.74) is 1.16. The Kier molecular flexibility index (Phi) is 6.36. The lowest BCUT2D eigenvalue weighted by Crippen LogP contribution is -2.38. The largest absolute Gasteiger partial charge is 0.332 e. The Morgan fingerprint density at radius 3 is 2.25 bits per heavy atom. The first kappa shape index (κ1) is 20.4. The number of unbranched alkanes of at least 4 members (excludes halogenated alkanes) is 7. The van der Waals surface area contributed by atoms with Crippen molar-refractivity contribution >= 4 is 22.8 Å². The van der Waals surface area contributed by atoms with Gasteiger partial charge in [-0.25, -0.2) is 9.80 Å². The number of nitrogens with zero attached hydrogens (tertiary/aromatic N) is 6. The van der Waals surface area contributed by atoms with Crippen LogP contribution in [0, 0.1) is 0 Å². The summed E-state index contributed by atoms with van der Waals surface area (Å²) < 4.78 is 4.47. The monoisotopic (exact) mass is 388 g/mol. The van der Waals surface area contributed by atoms with E-state index in [1.165, 1.54) is 50.1 Å². The second kappa shape index (κ2) is 8.75. The summed E-state index contributed by atoms with van der Waals surface area (Å²) in [4.78, 5) is 29.5. The third-order valence-corrected chi connectivity index (χ3v) is 5.46. The van der Waals surface area contributed by atoms with E-state index in [0.29, 0.717) is 23.7 Å². The summed E-state index contributed by atoms with van der Waals surface area (Å²) in [5, 5.41) is 6.54. The molecular weight excluding hydrogens is 356 g/mol. The first-order valence-corrected chi connectivity index (χ1v) is 10.4. The van der Waals surface area contributed by atoms with Gasteiger partial charge in [0.2, 0.25) is 5.95 Å². The fourth-order valence-corrected chi connectivity index (χ4v) is 3.84. The lowest BCUT2D eigenvalue weighted by Gasteiger charge is -2.24. The molecule has 8 heteroatoms. The molecule has 0 aromatic carbocycles. The third-order valence-electron chi connectivity index (χ3n) is 5.46. The second-order valence-electron chi connectivity index (χ2n) is 7.81. The molecule has 1 aliphatic rings. The summed E-state index contributed by atoms with van der Waals surface area (Å²) in [6.45, 7) is 5.49. The van der Waals surface area contributed by atoms with E-state index in [1.807, 2.05) is 16.5 Å². The molecule has 2 aromatic rings. The molecule has 0 aliphatic carbocycles. The average molecular weight is 389 g/mol. The molecule has 0 spiro atoms. The van der Waals surface area contributed by atoms with Gasteiger partial charge >= 0.3 is 5.69 Å². The molecule has 0 saturated heterocycles. The Morgan fingerprint density at radius 2 is 1.57 bits per heavy atom. The summed E-state index contributed by atoms with van der Waals surface area (Å²) in [5.74, 6) is 0.654. The van der Waals surface area contributed by atoms with Crippen molar-refractivity contribution in [1.29, 1.82) is 0 Å². The topological polar surface area (TPSA) is 77.4 Å². The SMILES string of the molecule is CCCCCCCCCCN1N=C(C)Cn2c1nc1c2c(=O)n(C)c(=O)n1C. The maximum Gasteiger partial charge on any atom is 0.332 e. The molecule has 0 N–H and O–H groups in total. The Bertz CT molecular complexity index is 981. The Labute approximate surface area is 165 Å². The van der Waals surface area contributed by atoms with Crippen molar-refractivity contribution in [3.05, 3.63) is 20.8 Å². The van der Waals surface area contributed by atoms with Gasteiger partial charge in [-0.1, -0.05) is 51.9 Å². The molecule has 0 radical (unpaired) electrons. The van der Waals surface area contributed by atoms with Gasteiger partial charge in [-0.15, -0.1) is 0 Å². The van der Waals surface area contributed by atoms with Gasteiger partial charge in [-0.2, -0.15) is 10.1 Å².